The number of hydrogen-bond donors (Lipinski definition) is 3. The minimum Gasteiger partial charge on any atom is -0.394 e. The van der Waals surface area contributed by atoms with Crippen molar-refractivity contribution in [1.29, 1.82) is 0 Å². The largest absolute Gasteiger partial charge is 0.394 e. The number of piperazine rings is 1. The molecule has 0 unspecified atom stereocenters. The minimum absolute atomic E-state index is 0.122. The molecule has 0 bridgehead atoms. The molecule has 3 aliphatic heterocycles. The van der Waals surface area contributed by atoms with Crippen molar-refractivity contribution in [3.8, 4) is 0 Å². The normalized spacial score (nSPS) is 32.7. The summed E-state index contributed by atoms with van der Waals surface area (Å²) in [6.07, 6.45) is 4.15. The van der Waals surface area contributed by atoms with E-state index in [1.165, 1.54) is 0 Å². The molecule has 1 aromatic rings. The van der Waals surface area contributed by atoms with E-state index in [-0.39, 0.29) is 18.8 Å². The van der Waals surface area contributed by atoms with Crippen LogP contribution >= 0.6 is 0 Å². The summed E-state index contributed by atoms with van der Waals surface area (Å²) in [6.45, 7) is 5.29. The Bertz CT molecular complexity index is 595. The highest BCUT2D eigenvalue weighted by atomic mass is 16.5. The molecular weight excluding hydrogens is 362 g/mol. The third-order valence-corrected chi connectivity index (χ3v) is 6.04. The fourth-order valence-corrected chi connectivity index (χ4v) is 4.46. The van der Waals surface area contributed by atoms with Gasteiger partial charge in [0.2, 0.25) is 5.95 Å². The lowest BCUT2D eigenvalue weighted by Gasteiger charge is -2.40. The zero-order valence-electron chi connectivity index (χ0n) is 16.2. The highest BCUT2D eigenvalue weighted by Gasteiger charge is 2.46. The van der Waals surface area contributed by atoms with E-state index >= 15 is 0 Å². The van der Waals surface area contributed by atoms with Crippen LogP contribution in [0.25, 0.3) is 0 Å². The molecule has 0 amide bonds. The van der Waals surface area contributed by atoms with E-state index < -0.39 is 12.2 Å². The Labute approximate surface area is 165 Å². The van der Waals surface area contributed by atoms with Crippen LogP contribution in [0.5, 0.6) is 0 Å². The van der Waals surface area contributed by atoms with E-state index in [2.05, 4.69) is 25.1 Å². The summed E-state index contributed by atoms with van der Waals surface area (Å²) in [5, 5.41) is 24.0. The number of aromatic nitrogens is 2. The van der Waals surface area contributed by atoms with E-state index in [1.807, 2.05) is 6.07 Å². The fraction of sp³-hybridized carbons (Fsp3) is 0.789. The lowest BCUT2D eigenvalue weighted by molar-refractivity contribution is -0.0229. The van der Waals surface area contributed by atoms with E-state index in [9.17, 15) is 10.2 Å². The molecule has 4 heterocycles. The molecule has 3 saturated heterocycles. The quantitative estimate of drug-likeness (QED) is 0.553. The smallest absolute Gasteiger partial charge is 0.225 e. The summed E-state index contributed by atoms with van der Waals surface area (Å²) < 4.78 is 11.4. The first-order valence-corrected chi connectivity index (χ1v) is 10.3. The van der Waals surface area contributed by atoms with Gasteiger partial charge in [0, 0.05) is 64.4 Å². The molecule has 3 fully saturated rings. The molecule has 0 aliphatic carbocycles. The molecule has 28 heavy (non-hydrogen) atoms. The molecular formula is C19H31N5O4. The van der Waals surface area contributed by atoms with Gasteiger partial charge >= 0.3 is 0 Å². The number of hydrogen-bond acceptors (Lipinski definition) is 9. The molecule has 9 nitrogen and oxygen atoms in total. The van der Waals surface area contributed by atoms with Crippen molar-refractivity contribution in [3.63, 3.8) is 0 Å². The van der Waals surface area contributed by atoms with Crippen LogP contribution in [-0.4, -0.2) is 108 Å². The topological polar surface area (TPSA) is 103 Å². The molecule has 4 atom stereocenters. The molecule has 1 aromatic heterocycles. The van der Waals surface area contributed by atoms with Crippen molar-refractivity contribution in [3.05, 3.63) is 18.5 Å². The van der Waals surface area contributed by atoms with Gasteiger partial charge in [-0.1, -0.05) is 0 Å². The van der Waals surface area contributed by atoms with Gasteiger partial charge in [-0.3, -0.25) is 4.90 Å². The van der Waals surface area contributed by atoms with Gasteiger partial charge < -0.3 is 29.9 Å². The number of aliphatic hydroxyl groups excluding tert-OH is 2. The first-order chi connectivity index (χ1) is 13.8. The van der Waals surface area contributed by atoms with Crippen molar-refractivity contribution in [1.82, 2.24) is 20.2 Å². The van der Waals surface area contributed by atoms with E-state index in [0.29, 0.717) is 12.6 Å². The predicted molar refractivity (Wildman–Crippen MR) is 103 cm³/mol. The van der Waals surface area contributed by atoms with Gasteiger partial charge in [-0.25, -0.2) is 9.97 Å². The molecule has 4 rings (SSSR count). The summed E-state index contributed by atoms with van der Waals surface area (Å²) in [6, 6.07) is 2.12. The average molecular weight is 393 g/mol. The predicted octanol–water partition coefficient (Wildman–Crippen LogP) is -1.14. The van der Waals surface area contributed by atoms with E-state index in [0.717, 1.165) is 58.2 Å². The van der Waals surface area contributed by atoms with Crippen molar-refractivity contribution in [2.75, 3.05) is 57.4 Å². The lowest BCUT2D eigenvalue weighted by Crippen LogP contribution is -2.58. The van der Waals surface area contributed by atoms with Crippen molar-refractivity contribution < 1.29 is 19.7 Å². The monoisotopic (exact) mass is 393 g/mol. The van der Waals surface area contributed by atoms with Gasteiger partial charge in [0.25, 0.3) is 0 Å². The van der Waals surface area contributed by atoms with Crippen molar-refractivity contribution >= 4 is 5.95 Å². The molecule has 0 aromatic carbocycles. The summed E-state index contributed by atoms with van der Waals surface area (Å²) in [7, 11) is 0. The van der Waals surface area contributed by atoms with Crippen LogP contribution in [0.15, 0.2) is 18.5 Å². The van der Waals surface area contributed by atoms with E-state index in [1.54, 1.807) is 12.4 Å². The van der Waals surface area contributed by atoms with Gasteiger partial charge in [0.15, 0.2) is 0 Å². The van der Waals surface area contributed by atoms with Gasteiger partial charge in [-0.15, -0.1) is 0 Å². The summed E-state index contributed by atoms with van der Waals surface area (Å²) in [4.78, 5) is 13.1. The van der Waals surface area contributed by atoms with Crippen molar-refractivity contribution in [2.24, 2.45) is 0 Å². The molecule has 156 valence electrons. The first-order valence-electron chi connectivity index (χ1n) is 10.3. The summed E-state index contributed by atoms with van der Waals surface area (Å²) >= 11 is 0. The van der Waals surface area contributed by atoms with Crippen LogP contribution in [0.1, 0.15) is 12.8 Å². The standard InChI is InChI=1S/C19H31N5O4/c25-13-16-18(26)17(15(28-16)12-22-14-2-10-27-11-3-14)23-6-8-24(9-7-23)19-20-4-1-5-21-19/h1,4-5,14-18,22,25-26H,2-3,6-13H2/t15-,16+,17+,18-/m1/s1. The number of anilines is 1. The Balaban J connectivity index is 1.36. The number of nitrogens with one attached hydrogen (secondary N) is 1. The third kappa shape index (κ3) is 4.45. The molecule has 0 radical (unpaired) electrons. The number of rotatable bonds is 6. The minimum atomic E-state index is -0.689. The second-order valence-electron chi connectivity index (χ2n) is 7.74. The zero-order valence-corrected chi connectivity index (χ0v) is 16.2. The maximum atomic E-state index is 10.8. The van der Waals surface area contributed by atoms with Crippen LogP contribution in [0.2, 0.25) is 0 Å². The second kappa shape index (κ2) is 9.43. The Kier molecular flexibility index (Phi) is 6.71. The second-order valence-corrected chi connectivity index (χ2v) is 7.74. The molecule has 0 saturated carbocycles. The van der Waals surface area contributed by atoms with Crippen LogP contribution in [0.3, 0.4) is 0 Å². The Morgan fingerprint density at radius 1 is 1.07 bits per heavy atom. The molecule has 3 aliphatic rings. The maximum absolute atomic E-state index is 10.8. The lowest BCUT2D eigenvalue weighted by atomic mass is 10.0. The van der Waals surface area contributed by atoms with Crippen LogP contribution in [0, 0.1) is 0 Å². The van der Waals surface area contributed by atoms with Crippen LogP contribution < -0.4 is 10.2 Å². The highest BCUT2D eigenvalue weighted by Crippen LogP contribution is 2.27. The number of ether oxygens (including phenoxy) is 2. The summed E-state index contributed by atoms with van der Waals surface area (Å²) in [5.74, 6) is 0.747. The average Bonchev–Trinajstić information content (AvgIpc) is 3.09. The maximum Gasteiger partial charge on any atom is 0.225 e. The molecule has 9 heteroatoms. The Morgan fingerprint density at radius 3 is 2.46 bits per heavy atom. The van der Waals surface area contributed by atoms with Gasteiger partial charge in [0.1, 0.15) is 12.2 Å². The number of aliphatic hydroxyl groups is 2. The summed E-state index contributed by atoms with van der Waals surface area (Å²) in [5.41, 5.74) is 0. The third-order valence-electron chi connectivity index (χ3n) is 6.04. The highest BCUT2D eigenvalue weighted by molar-refractivity contribution is 5.29. The number of nitrogens with zero attached hydrogens (tertiary/aromatic N) is 4. The fourth-order valence-electron chi connectivity index (χ4n) is 4.46. The Morgan fingerprint density at radius 2 is 1.79 bits per heavy atom. The Hall–Kier alpha value is -1.36. The van der Waals surface area contributed by atoms with Crippen LogP contribution in [0.4, 0.5) is 5.95 Å². The zero-order chi connectivity index (χ0) is 19.3. The molecule has 0 spiro atoms. The van der Waals surface area contributed by atoms with Gasteiger partial charge in [-0.2, -0.15) is 0 Å². The first kappa shape index (κ1) is 19.9. The SMILES string of the molecule is OC[C@@H]1O[C@H](CNC2CCOCC2)[C@H](N2CCN(c3ncccn3)CC2)[C@@H]1O. The molecule has 3 N–H and O–H groups in total. The van der Waals surface area contributed by atoms with E-state index in [4.69, 9.17) is 9.47 Å². The van der Waals surface area contributed by atoms with Gasteiger partial charge in [0.05, 0.1) is 18.8 Å². The van der Waals surface area contributed by atoms with Gasteiger partial charge in [-0.05, 0) is 18.9 Å². The van der Waals surface area contributed by atoms with Crippen LogP contribution in [-0.2, 0) is 9.47 Å². The van der Waals surface area contributed by atoms with Crippen molar-refractivity contribution in [2.45, 2.75) is 43.2 Å².